The summed E-state index contributed by atoms with van der Waals surface area (Å²) in [6.45, 7) is 21.1. The maximum absolute atomic E-state index is 4.35. The minimum Gasteiger partial charge on any atom is -0.320 e. The van der Waals surface area contributed by atoms with E-state index >= 15 is 0 Å². The Kier molecular flexibility index (Phi) is 18.2. The van der Waals surface area contributed by atoms with Crippen LogP contribution in [-0.4, -0.2) is 61.9 Å². The highest BCUT2D eigenvalue weighted by atomic mass is 15.4. The van der Waals surface area contributed by atoms with Gasteiger partial charge in [-0.1, -0.05) is 57.7 Å². The first-order valence-electron chi connectivity index (χ1n) is 12.3. The third-order valence-corrected chi connectivity index (χ3v) is 5.34. The fraction of sp³-hybridized carbons (Fsp3) is 0.692. The Morgan fingerprint density at radius 1 is 1.23 bits per heavy atom. The van der Waals surface area contributed by atoms with Gasteiger partial charge in [-0.2, -0.15) is 0 Å². The van der Waals surface area contributed by atoms with Gasteiger partial charge in [0.25, 0.3) is 0 Å². The average Bonchev–Trinajstić information content (AvgIpc) is 3.37. The third kappa shape index (κ3) is 12.2. The van der Waals surface area contributed by atoms with Crippen LogP contribution in [0.15, 0.2) is 40.7 Å². The largest absolute Gasteiger partial charge is 0.320 e. The van der Waals surface area contributed by atoms with E-state index in [9.17, 15) is 0 Å². The van der Waals surface area contributed by atoms with Gasteiger partial charge >= 0.3 is 0 Å². The summed E-state index contributed by atoms with van der Waals surface area (Å²) in [4.78, 5) is 2.55. The molecule has 31 heavy (non-hydrogen) atoms. The molecule has 3 rings (SSSR count). The van der Waals surface area contributed by atoms with Crippen molar-refractivity contribution < 1.29 is 4.68 Å². The average molecular weight is 433 g/mol. The molecule has 1 fully saturated rings. The van der Waals surface area contributed by atoms with Crippen LogP contribution < -0.4 is 10.6 Å². The number of nitrogens with one attached hydrogen (secondary N) is 2. The second-order valence-corrected chi connectivity index (χ2v) is 7.88. The molecular formula is C26H50N5+. The van der Waals surface area contributed by atoms with Crippen molar-refractivity contribution in [2.45, 2.75) is 73.6 Å². The molecule has 0 unspecified atom stereocenters. The van der Waals surface area contributed by atoms with Gasteiger partial charge in [-0.3, -0.25) is 10.2 Å². The minimum atomic E-state index is 0.917. The summed E-state index contributed by atoms with van der Waals surface area (Å²) in [6.07, 6.45) is 15.2. The maximum Gasteiger partial charge on any atom is 0.243 e. The fourth-order valence-corrected chi connectivity index (χ4v) is 3.61. The molecule has 5 nitrogen and oxygen atoms in total. The maximum atomic E-state index is 4.35. The molecule has 178 valence electrons. The summed E-state index contributed by atoms with van der Waals surface area (Å²) in [6, 6.07) is 0. The lowest BCUT2D eigenvalue weighted by molar-refractivity contribution is -0.464. The number of allylic oxidation sites excluding steroid dienone is 3. The zero-order valence-corrected chi connectivity index (χ0v) is 21.5. The number of hydrogen-bond donors (Lipinski definition) is 2. The smallest absolute Gasteiger partial charge is 0.243 e. The van der Waals surface area contributed by atoms with E-state index in [1.165, 1.54) is 55.5 Å². The van der Waals surface area contributed by atoms with E-state index in [0.717, 1.165) is 32.2 Å². The highest BCUT2D eigenvalue weighted by Gasteiger charge is 2.26. The van der Waals surface area contributed by atoms with Crippen LogP contribution in [0.25, 0.3) is 0 Å². The van der Waals surface area contributed by atoms with Gasteiger partial charge in [0.05, 0.1) is 0 Å². The monoisotopic (exact) mass is 432 g/mol. The van der Waals surface area contributed by atoms with E-state index in [-0.39, 0.29) is 0 Å². The normalized spacial score (nSPS) is 16.9. The van der Waals surface area contributed by atoms with Crippen LogP contribution >= 0.6 is 0 Å². The molecule has 2 N–H and O–H groups in total. The summed E-state index contributed by atoms with van der Waals surface area (Å²) in [5.74, 6) is 0.917. The van der Waals surface area contributed by atoms with Crippen molar-refractivity contribution in [3.05, 3.63) is 35.6 Å². The van der Waals surface area contributed by atoms with Crippen LogP contribution in [0.2, 0.25) is 0 Å². The van der Waals surface area contributed by atoms with E-state index in [1.54, 1.807) is 6.08 Å². The summed E-state index contributed by atoms with van der Waals surface area (Å²) >= 11 is 0. The van der Waals surface area contributed by atoms with Gasteiger partial charge < -0.3 is 5.32 Å². The van der Waals surface area contributed by atoms with Crippen molar-refractivity contribution in [1.29, 1.82) is 0 Å². The summed E-state index contributed by atoms with van der Waals surface area (Å²) in [7, 11) is 1.93. The Morgan fingerprint density at radius 3 is 2.35 bits per heavy atom. The van der Waals surface area contributed by atoms with Crippen LogP contribution in [0, 0.1) is 5.92 Å². The standard InChI is InChI=1S/C18H29N4.C3H9N.C3H6.C2H6/c1-3-21(12-16-7-5-4-6-8-16)14-19-11-17-9-18-15(2)10-20-22(18)13-17;1-3-4-2;1-3-2;1-2/h9-10,13,16,19H,3-8,11-12,14H2,1-2H3;4H,3H2,1-2H3;3H,1H2,2H3;1-2H3/q+1;;;. The summed E-state index contributed by atoms with van der Waals surface area (Å²) < 4.78 is 1.98. The second-order valence-electron chi connectivity index (χ2n) is 7.88. The van der Waals surface area contributed by atoms with Crippen LogP contribution in [0.4, 0.5) is 0 Å². The van der Waals surface area contributed by atoms with Gasteiger partial charge in [0.2, 0.25) is 11.9 Å². The Hall–Kier alpha value is -1.56. The fourth-order valence-electron chi connectivity index (χ4n) is 3.61. The van der Waals surface area contributed by atoms with E-state index in [1.807, 2.05) is 38.7 Å². The zero-order chi connectivity index (χ0) is 23.5. The lowest BCUT2D eigenvalue weighted by atomic mass is 9.89. The molecule has 0 aromatic heterocycles. The predicted octanol–water partition coefficient (Wildman–Crippen LogP) is 5.18. The minimum absolute atomic E-state index is 0.917. The van der Waals surface area contributed by atoms with Crippen molar-refractivity contribution in [2.75, 3.05) is 39.9 Å². The highest BCUT2D eigenvalue weighted by molar-refractivity contribution is 5.86. The SMILES string of the molecule is C=CC.CC.CCN(CNCC1=CC2=C(C)C=N[N+]2=C1)CC1CCCCC1.CCNC. The van der Waals surface area contributed by atoms with Crippen molar-refractivity contribution in [1.82, 2.24) is 15.5 Å². The topological polar surface area (TPSA) is 42.7 Å². The number of nitrogens with zero attached hydrogens (tertiary/aromatic N) is 3. The van der Waals surface area contributed by atoms with Crippen LogP contribution in [0.1, 0.15) is 73.6 Å². The Bertz CT molecular complexity index is 593. The first-order valence-corrected chi connectivity index (χ1v) is 12.3. The van der Waals surface area contributed by atoms with E-state index in [4.69, 9.17) is 0 Å². The molecular weight excluding hydrogens is 382 g/mol. The molecule has 0 spiro atoms. The third-order valence-electron chi connectivity index (χ3n) is 5.34. The molecule has 0 atom stereocenters. The van der Waals surface area contributed by atoms with Crippen molar-refractivity contribution in [3.63, 3.8) is 0 Å². The Balaban J connectivity index is 0.000000865. The van der Waals surface area contributed by atoms with Gasteiger partial charge in [-0.15, -0.1) is 6.58 Å². The highest BCUT2D eigenvalue weighted by Crippen LogP contribution is 2.24. The molecule has 0 bridgehead atoms. The Labute approximate surface area is 193 Å². The number of hydrazone groups is 1. The molecule has 3 aliphatic rings. The first-order chi connectivity index (χ1) is 15.1. The molecule has 0 aromatic rings. The van der Waals surface area contributed by atoms with Crippen LogP contribution in [-0.2, 0) is 0 Å². The lowest BCUT2D eigenvalue weighted by Crippen LogP contribution is -2.38. The van der Waals surface area contributed by atoms with E-state index < -0.39 is 0 Å². The van der Waals surface area contributed by atoms with Gasteiger partial charge in [0.1, 0.15) is 6.21 Å². The molecule has 0 saturated heterocycles. The number of rotatable bonds is 8. The number of hydrogen-bond acceptors (Lipinski definition) is 4. The number of fused-ring (bicyclic) bond motifs is 1. The molecule has 2 aliphatic heterocycles. The Morgan fingerprint density at radius 2 is 1.84 bits per heavy atom. The second kappa shape index (κ2) is 19.1. The molecule has 1 saturated carbocycles. The van der Waals surface area contributed by atoms with Gasteiger partial charge in [-0.25, -0.2) is 0 Å². The lowest BCUT2D eigenvalue weighted by Gasteiger charge is -2.29. The van der Waals surface area contributed by atoms with Crippen LogP contribution in [0.3, 0.4) is 0 Å². The van der Waals surface area contributed by atoms with Crippen molar-refractivity contribution in [3.8, 4) is 0 Å². The molecule has 0 amide bonds. The predicted molar refractivity (Wildman–Crippen MR) is 139 cm³/mol. The summed E-state index contributed by atoms with van der Waals surface area (Å²) in [5.41, 5.74) is 3.80. The van der Waals surface area contributed by atoms with E-state index in [2.05, 4.69) is 60.3 Å². The molecule has 1 aliphatic carbocycles. The van der Waals surface area contributed by atoms with Gasteiger partial charge in [0, 0.05) is 37.0 Å². The van der Waals surface area contributed by atoms with Gasteiger partial charge in [0.15, 0.2) is 0 Å². The van der Waals surface area contributed by atoms with Crippen LogP contribution in [0.5, 0.6) is 0 Å². The molecule has 0 aromatic carbocycles. The molecule has 2 heterocycles. The quantitative estimate of drug-likeness (QED) is 0.316. The zero-order valence-electron chi connectivity index (χ0n) is 21.5. The molecule has 0 radical (unpaired) electrons. The van der Waals surface area contributed by atoms with Gasteiger partial charge in [-0.05, 0) is 57.8 Å². The summed E-state index contributed by atoms with van der Waals surface area (Å²) in [5, 5.41) is 10.9. The van der Waals surface area contributed by atoms with Crippen molar-refractivity contribution in [2.24, 2.45) is 11.0 Å². The van der Waals surface area contributed by atoms with Crippen molar-refractivity contribution >= 4 is 12.4 Å². The molecule has 5 heteroatoms. The first kappa shape index (κ1) is 29.4. The van der Waals surface area contributed by atoms with E-state index in [0.29, 0.717) is 0 Å².